The number of nitrogens with one attached hydrogen (secondary N) is 1. The highest BCUT2D eigenvalue weighted by Crippen LogP contribution is 2.43. The van der Waals surface area contributed by atoms with E-state index in [0.717, 1.165) is 40.9 Å². The minimum Gasteiger partial charge on any atom is -0.496 e. The van der Waals surface area contributed by atoms with E-state index < -0.39 is 0 Å². The minimum atomic E-state index is -0.120. The van der Waals surface area contributed by atoms with Gasteiger partial charge in [0.05, 0.1) is 12.8 Å². The molecule has 1 spiro atoms. The molecule has 2 aliphatic heterocycles. The van der Waals surface area contributed by atoms with E-state index in [2.05, 4.69) is 40.1 Å². The van der Waals surface area contributed by atoms with E-state index >= 15 is 0 Å². The number of aromatic nitrogens is 1. The fourth-order valence-corrected chi connectivity index (χ4v) is 5.14. The third-order valence-corrected chi connectivity index (χ3v) is 7.15. The lowest BCUT2D eigenvalue weighted by molar-refractivity contribution is 0.0905. The number of piperidine rings is 1. The number of amides is 1. The van der Waals surface area contributed by atoms with Crippen LogP contribution in [0.2, 0.25) is 0 Å². The number of benzene rings is 2. The lowest BCUT2D eigenvalue weighted by atomic mass is 9.71. The van der Waals surface area contributed by atoms with Gasteiger partial charge in [-0.3, -0.25) is 9.78 Å². The van der Waals surface area contributed by atoms with Gasteiger partial charge in [0.2, 0.25) is 0 Å². The van der Waals surface area contributed by atoms with Gasteiger partial charge in [-0.2, -0.15) is 0 Å². The SMILES string of the molecule is COc1ccc(NC(=O)c2ccc(N3CC4(CCN(C)CC4)C3)c(C)c2)c2cnccc12. The Morgan fingerprint density at radius 1 is 1.09 bits per heavy atom. The Morgan fingerprint density at radius 3 is 2.59 bits per heavy atom. The lowest BCUT2D eigenvalue weighted by Gasteiger charge is -2.55. The highest BCUT2D eigenvalue weighted by Gasteiger charge is 2.44. The molecule has 3 aromatic rings. The predicted octanol–water partition coefficient (Wildman–Crippen LogP) is 4.34. The minimum absolute atomic E-state index is 0.120. The van der Waals surface area contributed by atoms with Crippen LogP contribution >= 0.6 is 0 Å². The molecule has 0 unspecified atom stereocenters. The highest BCUT2D eigenvalue weighted by atomic mass is 16.5. The van der Waals surface area contributed by atoms with Crippen LogP contribution in [0.3, 0.4) is 0 Å². The van der Waals surface area contributed by atoms with E-state index in [0.29, 0.717) is 11.0 Å². The van der Waals surface area contributed by atoms with Gasteiger partial charge in [-0.15, -0.1) is 0 Å². The second-order valence-corrected chi connectivity index (χ2v) is 9.35. The van der Waals surface area contributed by atoms with Crippen LogP contribution in [0.4, 0.5) is 11.4 Å². The normalized spacial score (nSPS) is 17.9. The van der Waals surface area contributed by atoms with E-state index in [4.69, 9.17) is 4.74 Å². The molecule has 2 aromatic carbocycles. The summed E-state index contributed by atoms with van der Waals surface area (Å²) in [6, 6.07) is 11.7. The molecule has 0 aliphatic carbocycles. The second kappa shape index (κ2) is 8.10. The Labute approximate surface area is 189 Å². The molecule has 6 heteroatoms. The molecule has 0 radical (unpaired) electrons. The van der Waals surface area contributed by atoms with Gasteiger partial charge in [-0.25, -0.2) is 0 Å². The van der Waals surface area contributed by atoms with Gasteiger partial charge in [0.1, 0.15) is 5.75 Å². The van der Waals surface area contributed by atoms with Crippen molar-refractivity contribution in [1.29, 1.82) is 0 Å². The molecule has 2 aliphatic rings. The summed E-state index contributed by atoms with van der Waals surface area (Å²) in [4.78, 5) is 22.1. The summed E-state index contributed by atoms with van der Waals surface area (Å²) in [6.07, 6.45) is 6.04. The van der Waals surface area contributed by atoms with E-state index in [-0.39, 0.29) is 5.91 Å². The van der Waals surface area contributed by atoms with Crippen molar-refractivity contribution in [2.24, 2.45) is 5.41 Å². The number of ether oxygens (including phenoxy) is 1. The van der Waals surface area contributed by atoms with Crippen molar-refractivity contribution in [3.8, 4) is 5.75 Å². The van der Waals surface area contributed by atoms with E-state index in [9.17, 15) is 4.79 Å². The van der Waals surface area contributed by atoms with Crippen LogP contribution in [0.15, 0.2) is 48.8 Å². The quantitative estimate of drug-likeness (QED) is 0.667. The van der Waals surface area contributed by atoms with Crippen molar-refractivity contribution in [1.82, 2.24) is 9.88 Å². The first-order valence-corrected chi connectivity index (χ1v) is 11.2. The zero-order valence-electron chi connectivity index (χ0n) is 19.0. The number of rotatable bonds is 4. The average molecular weight is 431 g/mol. The molecule has 3 heterocycles. The predicted molar refractivity (Wildman–Crippen MR) is 129 cm³/mol. The number of aryl methyl sites for hydroxylation is 1. The highest BCUT2D eigenvalue weighted by molar-refractivity contribution is 6.10. The Balaban J connectivity index is 1.31. The van der Waals surface area contributed by atoms with Crippen LogP contribution in [0.25, 0.3) is 10.8 Å². The molecule has 2 fully saturated rings. The molecule has 5 rings (SSSR count). The van der Waals surface area contributed by atoms with Crippen molar-refractivity contribution in [3.63, 3.8) is 0 Å². The average Bonchev–Trinajstić information content (AvgIpc) is 2.79. The topological polar surface area (TPSA) is 57.7 Å². The number of anilines is 2. The molecule has 0 bridgehead atoms. The van der Waals surface area contributed by atoms with Gasteiger partial charge in [-0.1, -0.05) is 0 Å². The van der Waals surface area contributed by atoms with Crippen LogP contribution in [-0.4, -0.2) is 56.1 Å². The van der Waals surface area contributed by atoms with Crippen molar-refractivity contribution in [2.75, 3.05) is 50.6 Å². The maximum Gasteiger partial charge on any atom is 0.255 e. The molecule has 0 atom stereocenters. The Bertz CT molecular complexity index is 1160. The molecule has 32 heavy (non-hydrogen) atoms. The Morgan fingerprint density at radius 2 is 1.88 bits per heavy atom. The van der Waals surface area contributed by atoms with Gasteiger partial charge in [0.25, 0.3) is 5.91 Å². The molecule has 1 N–H and O–H groups in total. The third-order valence-electron chi connectivity index (χ3n) is 7.15. The summed E-state index contributed by atoms with van der Waals surface area (Å²) >= 11 is 0. The van der Waals surface area contributed by atoms with E-state index in [1.807, 2.05) is 30.3 Å². The van der Waals surface area contributed by atoms with Crippen LogP contribution in [0.5, 0.6) is 5.75 Å². The number of methoxy groups -OCH3 is 1. The molecular formula is C26H30N4O2. The smallest absolute Gasteiger partial charge is 0.255 e. The molecule has 1 amide bonds. The number of carbonyl (C=O) groups is 1. The summed E-state index contributed by atoms with van der Waals surface area (Å²) in [5.74, 6) is 0.642. The third kappa shape index (κ3) is 3.69. The van der Waals surface area contributed by atoms with Crippen molar-refractivity contribution in [2.45, 2.75) is 19.8 Å². The fraction of sp³-hybridized carbons (Fsp3) is 0.385. The van der Waals surface area contributed by atoms with Crippen LogP contribution in [0.1, 0.15) is 28.8 Å². The number of hydrogen-bond acceptors (Lipinski definition) is 5. The summed E-state index contributed by atoms with van der Waals surface area (Å²) in [6.45, 7) is 6.73. The first-order valence-electron chi connectivity index (χ1n) is 11.2. The lowest BCUT2D eigenvalue weighted by Crippen LogP contribution is -2.60. The summed E-state index contributed by atoms with van der Waals surface area (Å²) in [5.41, 5.74) is 4.26. The molecule has 166 valence electrons. The van der Waals surface area contributed by atoms with Crippen LogP contribution in [-0.2, 0) is 0 Å². The zero-order valence-corrected chi connectivity index (χ0v) is 19.0. The number of carbonyl (C=O) groups excluding carboxylic acids is 1. The standard InChI is InChI=1S/C26H30N4O2/c1-18-14-19(4-6-23(18)30-16-26(17-30)9-12-29(2)13-10-26)25(31)28-22-5-7-24(32-3)20-8-11-27-15-21(20)22/h4-8,11,14-15H,9-10,12-13,16-17H2,1-3H3,(H,28,31). The molecule has 2 saturated heterocycles. The zero-order chi connectivity index (χ0) is 22.3. The number of likely N-dealkylation sites (tertiary alicyclic amines) is 1. The van der Waals surface area contributed by atoms with E-state index in [1.54, 1.807) is 19.5 Å². The summed E-state index contributed by atoms with van der Waals surface area (Å²) < 4.78 is 5.44. The monoisotopic (exact) mass is 430 g/mol. The van der Waals surface area contributed by atoms with Crippen LogP contribution < -0.4 is 15.0 Å². The summed E-state index contributed by atoms with van der Waals surface area (Å²) in [7, 11) is 3.85. The largest absolute Gasteiger partial charge is 0.496 e. The van der Waals surface area contributed by atoms with Gasteiger partial charge in [0.15, 0.2) is 0 Å². The molecular weight excluding hydrogens is 400 g/mol. The first-order chi connectivity index (χ1) is 15.5. The van der Waals surface area contributed by atoms with Gasteiger partial charge in [-0.05, 0) is 81.9 Å². The van der Waals surface area contributed by atoms with E-state index in [1.165, 1.54) is 31.6 Å². The molecule has 1 aromatic heterocycles. The van der Waals surface area contributed by atoms with Crippen LogP contribution in [0, 0.1) is 12.3 Å². The number of hydrogen-bond donors (Lipinski definition) is 1. The Kier molecular flexibility index (Phi) is 5.25. The van der Waals surface area contributed by atoms with Crippen molar-refractivity contribution < 1.29 is 9.53 Å². The van der Waals surface area contributed by atoms with Gasteiger partial charge < -0.3 is 19.9 Å². The fourth-order valence-electron chi connectivity index (χ4n) is 5.14. The molecule has 6 nitrogen and oxygen atoms in total. The van der Waals surface area contributed by atoms with Gasteiger partial charge >= 0.3 is 0 Å². The molecule has 0 saturated carbocycles. The number of pyridine rings is 1. The first kappa shape index (κ1) is 20.8. The second-order valence-electron chi connectivity index (χ2n) is 9.35. The number of fused-ring (bicyclic) bond motifs is 1. The maximum atomic E-state index is 13.0. The summed E-state index contributed by atoms with van der Waals surface area (Å²) in [5, 5.41) is 4.84. The van der Waals surface area contributed by atoms with Crippen molar-refractivity contribution in [3.05, 3.63) is 59.9 Å². The number of nitrogens with zero attached hydrogens (tertiary/aromatic N) is 3. The maximum absolute atomic E-state index is 13.0. The van der Waals surface area contributed by atoms with Crippen molar-refractivity contribution >= 4 is 28.1 Å². The van der Waals surface area contributed by atoms with Gasteiger partial charge in [0, 0.05) is 52.9 Å². The Hall–Kier alpha value is -3.12.